The molecule has 0 aromatic carbocycles. The van der Waals surface area contributed by atoms with Gasteiger partial charge in [-0.05, 0) is 57.7 Å². The van der Waals surface area contributed by atoms with Gasteiger partial charge < -0.3 is 15.3 Å². The molecule has 0 aromatic rings. The molecule has 1 fully saturated rings. The lowest BCUT2D eigenvalue weighted by Crippen LogP contribution is -2.43. The van der Waals surface area contributed by atoms with E-state index >= 15 is 0 Å². The second-order valence-corrected chi connectivity index (χ2v) is 6.72. The van der Waals surface area contributed by atoms with Gasteiger partial charge in [0.05, 0.1) is 0 Å². The SMILES string of the molecule is CCNCC1(CN(C)CCCCCO)CCCCCC1. The minimum Gasteiger partial charge on any atom is -0.396 e. The molecular formula is C17H36N2O. The van der Waals surface area contributed by atoms with Gasteiger partial charge in [-0.2, -0.15) is 0 Å². The van der Waals surface area contributed by atoms with Crippen molar-refractivity contribution in [3.05, 3.63) is 0 Å². The summed E-state index contributed by atoms with van der Waals surface area (Å²) in [5, 5.41) is 12.4. The van der Waals surface area contributed by atoms with Crippen molar-refractivity contribution in [2.45, 2.75) is 64.7 Å². The molecular weight excluding hydrogens is 248 g/mol. The second kappa shape index (κ2) is 10.6. The van der Waals surface area contributed by atoms with Gasteiger partial charge >= 0.3 is 0 Å². The van der Waals surface area contributed by atoms with E-state index in [1.807, 2.05) is 0 Å². The number of nitrogens with one attached hydrogen (secondary N) is 1. The van der Waals surface area contributed by atoms with Crippen LogP contribution in [-0.2, 0) is 0 Å². The minimum atomic E-state index is 0.341. The number of nitrogens with zero attached hydrogens (tertiary/aromatic N) is 1. The Hall–Kier alpha value is -0.120. The van der Waals surface area contributed by atoms with Gasteiger partial charge in [-0.15, -0.1) is 0 Å². The van der Waals surface area contributed by atoms with E-state index in [-0.39, 0.29) is 0 Å². The average molecular weight is 284 g/mol. The Morgan fingerprint density at radius 2 is 1.75 bits per heavy atom. The van der Waals surface area contributed by atoms with Crippen LogP contribution in [0.15, 0.2) is 0 Å². The number of aliphatic hydroxyl groups excluding tert-OH is 1. The summed E-state index contributed by atoms with van der Waals surface area (Å²) in [4.78, 5) is 2.53. The summed E-state index contributed by atoms with van der Waals surface area (Å²) < 4.78 is 0. The van der Waals surface area contributed by atoms with Crippen molar-refractivity contribution in [1.82, 2.24) is 10.2 Å². The number of hydrogen-bond acceptors (Lipinski definition) is 3. The van der Waals surface area contributed by atoms with Crippen molar-refractivity contribution >= 4 is 0 Å². The Bertz CT molecular complexity index is 225. The first kappa shape index (κ1) is 17.9. The molecule has 0 heterocycles. The zero-order chi connectivity index (χ0) is 14.7. The molecule has 0 bridgehead atoms. The van der Waals surface area contributed by atoms with Gasteiger partial charge in [-0.25, -0.2) is 0 Å². The highest BCUT2D eigenvalue weighted by atomic mass is 16.2. The average Bonchev–Trinajstić information content (AvgIpc) is 2.67. The van der Waals surface area contributed by atoms with Gasteiger partial charge in [-0.3, -0.25) is 0 Å². The van der Waals surface area contributed by atoms with Crippen LogP contribution >= 0.6 is 0 Å². The third kappa shape index (κ3) is 7.05. The zero-order valence-corrected chi connectivity index (χ0v) is 13.8. The molecule has 1 rings (SSSR count). The zero-order valence-electron chi connectivity index (χ0n) is 13.8. The van der Waals surface area contributed by atoms with Crippen molar-refractivity contribution in [2.75, 3.05) is 39.8 Å². The lowest BCUT2D eigenvalue weighted by atomic mass is 9.79. The monoisotopic (exact) mass is 284 g/mol. The summed E-state index contributed by atoms with van der Waals surface area (Å²) in [5.74, 6) is 0. The molecule has 0 radical (unpaired) electrons. The largest absolute Gasteiger partial charge is 0.396 e. The summed E-state index contributed by atoms with van der Waals surface area (Å²) in [6.07, 6.45) is 11.8. The van der Waals surface area contributed by atoms with Gasteiger partial charge in [-0.1, -0.05) is 32.6 Å². The van der Waals surface area contributed by atoms with Crippen molar-refractivity contribution in [3.8, 4) is 0 Å². The molecule has 0 spiro atoms. The standard InChI is InChI=1S/C17H36N2O/c1-3-18-15-17(11-7-4-5-8-12-17)16-19(2)13-9-6-10-14-20/h18,20H,3-16H2,1-2H3. The third-order valence-electron chi connectivity index (χ3n) is 4.72. The van der Waals surface area contributed by atoms with E-state index in [1.54, 1.807) is 0 Å². The van der Waals surface area contributed by atoms with Crippen LogP contribution in [-0.4, -0.2) is 49.8 Å². The van der Waals surface area contributed by atoms with Crippen LogP contribution in [0.1, 0.15) is 64.7 Å². The predicted octanol–water partition coefficient (Wildman–Crippen LogP) is 3.03. The first-order chi connectivity index (χ1) is 9.72. The molecule has 0 atom stereocenters. The maximum Gasteiger partial charge on any atom is 0.0431 e. The van der Waals surface area contributed by atoms with Gasteiger partial charge in [0.15, 0.2) is 0 Å². The molecule has 3 nitrogen and oxygen atoms in total. The van der Waals surface area contributed by atoms with Crippen LogP contribution in [0.3, 0.4) is 0 Å². The van der Waals surface area contributed by atoms with E-state index in [0.29, 0.717) is 12.0 Å². The van der Waals surface area contributed by atoms with Gasteiger partial charge in [0.2, 0.25) is 0 Å². The van der Waals surface area contributed by atoms with E-state index in [1.165, 1.54) is 64.6 Å². The lowest BCUT2D eigenvalue weighted by Gasteiger charge is -2.37. The fourth-order valence-corrected chi connectivity index (χ4v) is 3.58. The van der Waals surface area contributed by atoms with Crippen molar-refractivity contribution in [1.29, 1.82) is 0 Å². The Morgan fingerprint density at radius 3 is 2.35 bits per heavy atom. The topological polar surface area (TPSA) is 35.5 Å². The summed E-state index contributed by atoms with van der Waals surface area (Å²) >= 11 is 0. The predicted molar refractivity (Wildman–Crippen MR) is 87.1 cm³/mol. The van der Waals surface area contributed by atoms with E-state index in [4.69, 9.17) is 5.11 Å². The van der Waals surface area contributed by atoms with Crippen molar-refractivity contribution in [2.24, 2.45) is 5.41 Å². The minimum absolute atomic E-state index is 0.341. The van der Waals surface area contributed by atoms with E-state index in [2.05, 4.69) is 24.2 Å². The Morgan fingerprint density at radius 1 is 1.05 bits per heavy atom. The molecule has 2 N–H and O–H groups in total. The van der Waals surface area contributed by atoms with Crippen molar-refractivity contribution < 1.29 is 5.11 Å². The highest BCUT2D eigenvalue weighted by Gasteiger charge is 2.31. The van der Waals surface area contributed by atoms with Gasteiger partial charge in [0.1, 0.15) is 0 Å². The molecule has 1 saturated carbocycles. The van der Waals surface area contributed by atoms with E-state index < -0.39 is 0 Å². The second-order valence-electron chi connectivity index (χ2n) is 6.72. The Balaban J connectivity index is 2.41. The fraction of sp³-hybridized carbons (Fsp3) is 1.00. The summed E-state index contributed by atoms with van der Waals surface area (Å²) in [6.45, 7) is 7.23. The maximum absolute atomic E-state index is 8.84. The molecule has 0 aromatic heterocycles. The quantitative estimate of drug-likeness (QED) is 0.478. The molecule has 0 unspecified atom stereocenters. The van der Waals surface area contributed by atoms with Gasteiger partial charge in [0, 0.05) is 19.7 Å². The third-order valence-corrected chi connectivity index (χ3v) is 4.72. The molecule has 1 aliphatic rings. The van der Waals surface area contributed by atoms with Crippen LogP contribution in [0, 0.1) is 5.41 Å². The number of unbranched alkanes of at least 4 members (excludes halogenated alkanes) is 2. The Kier molecular flexibility index (Phi) is 9.49. The maximum atomic E-state index is 8.84. The normalized spacial score (nSPS) is 19.2. The van der Waals surface area contributed by atoms with E-state index in [9.17, 15) is 0 Å². The fourth-order valence-electron chi connectivity index (χ4n) is 3.58. The molecule has 3 heteroatoms. The van der Waals surface area contributed by atoms with Crippen LogP contribution < -0.4 is 5.32 Å². The highest BCUT2D eigenvalue weighted by molar-refractivity contribution is 4.86. The smallest absolute Gasteiger partial charge is 0.0431 e. The first-order valence-corrected chi connectivity index (χ1v) is 8.72. The molecule has 20 heavy (non-hydrogen) atoms. The van der Waals surface area contributed by atoms with Crippen LogP contribution in [0.5, 0.6) is 0 Å². The first-order valence-electron chi connectivity index (χ1n) is 8.72. The van der Waals surface area contributed by atoms with Crippen LogP contribution in [0.25, 0.3) is 0 Å². The summed E-state index contributed by atoms with van der Waals surface area (Å²) in [7, 11) is 2.28. The summed E-state index contributed by atoms with van der Waals surface area (Å²) in [6, 6.07) is 0. The molecule has 0 amide bonds. The molecule has 0 saturated heterocycles. The molecule has 1 aliphatic carbocycles. The molecule has 120 valence electrons. The van der Waals surface area contributed by atoms with Crippen molar-refractivity contribution in [3.63, 3.8) is 0 Å². The number of aliphatic hydroxyl groups is 1. The number of rotatable bonds is 10. The molecule has 0 aliphatic heterocycles. The Labute approximate surface area is 126 Å². The van der Waals surface area contributed by atoms with Gasteiger partial charge in [0.25, 0.3) is 0 Å². The van der Waals surface area contributed by atoms with Crippen LogP contribution in [0.2, 0.25) is 0 Å². The number of hydrogen-bond donors (Lipinski definition) is 2. The summed E-state index contributed by atoms with van der Waals surface area (Å²) in [5.41, 5.74) is 0.498. The lowest BCUT2D eigenvalue weighted by molar-refractivity contribution is 0.144. The van der Waals surface area contributed by atoms with E-state index in [0.717, 1.165) is 19.4 Å². The van der Waals surface area contributed by atoms with Crippen LogP contribution in [0.4, 0.5) is 0 Å². The highest BCUT2D eigenvalue weighted by Crippen LogP contribution is 2.35.